The van der Waals surface area contributed by atoms with E-state index >= 15 is 0 Å². The van der Waals surface area contributed by atoms with Crippen molar-refractivity contribution in [2.45, 2.75) is 43.2 Å². The first-order valence-electron chi connectivity index (χ1n) is 6.48. The van der Waals surface area contributed by atoms with E-state index in [1.165, 1.54) is 7.05 Å². The van der Waals surface area contributed by atoms with Crippen molar-refractivity contribution in [3.05, 3.63) is 23.8 Å². The molecule has 6 heteroatoms. The molecule has 0 saturated heterocycles. The molecule has 19 heavy (non-hydrogen) atoms. The van der Waals surface area contributed by atoms with Gasteiger partial charge in [0.1, 0.15) is 0 Å². The van der Waals surface area contributed by atoms with Crippen molar-refractivity contribution in [2.75, 3.05) is 12.4 Å². The first-order chi connectivity index (χ1) is 8.92. The summed E-state index contributed by atoms with van der Waals surface area (Å²) in [4.78, 5) is 0.283. The molecule has 0 aliphatic heterocycles. The smallest absolute Gasteiger partial charge is 0.240 e. The van der Waals surface area contributed by atoms with Crippen LogP contribution in [0.15, 0.2) is 23.1 Å². The van der Waals surface area contributed by atoms with Crippen LogP contribution in [-0.2, 0) is 10.0 Å². The molecule has 1 fully saturated rings. The molecule has 5 nitrogen and oxygen atoms in total. The first-order valence-corrected chi connectivity index (χ1v) is 7.97. The third kappa shape index (κ3) is 3.26. The van der Waals surface area contributed by atoms with E-state index in [2.05, 4.69) is 10.0 Å². The standard InChI is InChI=1S/C13H21N3O2S/c1-9-3-6-12(19(17,18)15-2)8-13(9)16-11-5-4-10(14)7-11/h3,6,8,10-11,15-16H,4-5,7,14H2,1-2H3. The summed E-state index contributed by atoms with van der Waals surface area (Å²) in [6, 6.07) is 5.71. The van der Waals surface area contributed by atoms with Crippen molar-refractivity contribution < 1.29 is 8.42 Å². The maximum absolute atomic E-state index is 11.8. The van der Waals surface area contributed by atoms with E-state index in [-0.39, 0.29) is 10.9 Å². The second-order valence-electron chi connectivity index (χ2n) is 5.10. The van der Waals surface area contributed by atoms with Crippen LogP contribution in [-0.4, -0.2) is 27.5 Å². The minimum atomic E-state index is -3.40. The molecule has 4 N–H and O–H groups in total. The fourth-order valence-electron chi connectivity index (χ4n) is 2.41. The van der Waals surface area contributed by atoms with Crippen molar-refractivity contribution in [2.24, 2.45) is 5.73 Å². The molecule has 0 spiro atoms. The van der Waals surface area contributed by atoms with Crippen molar-refractivity contribution in [3.8, 4) is 0 Å². The van der Waals surface area contributed by atoms with E-state index in [4.69, 9.17) is 5.73 Å². The van der Waals surface area contributed by atoms with E-state index in [1.807, 2.05) is 13.0 Å². The number of hydrogen-bond acceptors (Lipinski definition) is 4. The average molecular weight is 283 g/mol. The first kappa shape index (κ1) is 14.3. The van der Waals surface area contributed by atoms with Crippen molar-refractivity contribution in [1.82, 2.24) is 4.72 Å². The summed E-state index contributed by atoms with van der Waals surface area (Å²) in [7, 11) is -1.98. The highest BCUT2D eigenvalue weighted by molar-refractivity contribution is 7.89. The van der Waals surface area contributed by atoms with Gasteiger partial charge in [0.05, 0.1) is 4.90 Å². The Morgan fingerprint density at radius 3 is 2.63 bits per heavy atom. The fraction of sp³-hybridized carbons (Fsp3) is 0.538. The van der Waals surface area contributed by atoms with Gasteiger partial charge in [0.2, 0.25) is 10.0 Å². The Morgan fingerprint density at radius 1 is 1.32 bits per heavy atom. The molecule has 1 saturated carbocycles. The Balaban J connectivity index is 2.23. The molecule has 0 aromatic heterocycles. The molecule has 106 valence electrons. The SMILES string of the molecule is CNS(=O)(=O)c1ccc(C)c(NC2CCC(N)C2)c1. The summed E-state index contributed by atoms with van der Waals surface area (Å²) in [6.45, 7) is 1.97. The number of anilines is 1. The average Bonchev–Trinajstić information content (AvgIpc) is 2.77. The normalized spacial score (nSPS) is 23.5. The van der Waals surface area contributed by atoms with Gasteiger partial charge in [-0.15, -0.1) is 0 Å². The summed E-state index contributed by atoms with van der Waals surface area (Å²) in [6.07, 6.45) is 2.98. The Bertz CT molecular complexity index is 557. The number of nitrogens with two attached hydrogens (primary N) is 1. The highest BCUT2D eigenvalue weighted by atomic mass is 32.2. The maximum Gasteiger partial charge on any atom is 0.240 e. The number of aryl methyl sites for hydroxylation is 1. The van der Waals surface area contributed by atoms with Crippen LogP contribution in [0.4, 0.5) is 5.69 Å². The minimum absolute atomic E-state index is 0.252. The molecule has 0 radical (unpaired) electrons. The lowest BCUT2D eigenvalue weighted by atomic mass is 10.1. The van der Waals surface area contributed by atoms with Crippen molar-refractivity contribution in [1.29, 1.82) is 0 Å². The third-order valence-corrected chi connectivity index (χ3v) is 5.03. The van der Waals surface area contributed by atoms with Crippen LogP contribution >= 0.6 is 0 Å². The van der Waals surface area contributed by atoms with Gasteiger partial charge in [0.25, 0.3) is 0 Å². The zero-order valence-electron chi connectivity index (χ0n) is 11.3. The zero-order chi connectivity index (χ0) is 14.0. The molecule has 0 bridgehead atoms. The minimum Gasteiger partial charge on any atom is -0.382 e. The lowest BCUT2D eigenvalue weighted by Gasteiger charge is -2.17. The highest BCUT2D eigenvalue weighted by Crippen LogP contribution is 2.25. The van der Waals surface area contributed by atoms with Crippen LogP contribution in [0.1, 0.15) is 24.8 Å². The molecule has 0 amide bonds. The van der Waals surface area contributed by atoms with Gasteiger partial charge in [-0.2, -0.15) is 0 Å². The van der Waals surface area contributed by atoms with E-state index in [0.29, 0.717) is 6.04 Å². The van der Waals surface area contributed by atoms with Gasteiger partial charge in [-0.1, -0.05) is 6.07 Å². The largest absolute Gasteiger partial charge is 0.382 e. The van der Waals surface area contributed by atoms with E-state index < -0.39 is 10.0 Å². The van der Waals surface area contributed by atoms with Crippen LogP contribution in [0.2, 0.25) is 0 Å². The van der Waals surface area contributed by atoms with Crippen LogP contribution in [0.5, 0.6) is 0 Å². The van der Waals surface area contributed by atoms with E-state index in [0.717, 1.165) is 30.5 Å². The summed E-state index contributed by atoms with van der Waals surface area (Å²) < 4.78 is 25.9. The predicted octanol–water partition coefficient (Wildman–Crippen LogP) is 1.19. The molecule has 2 unspecified atom stereocenters. The topological polar surface area (TPSA) is 84.2 Å². The second kappa shape index (κ2) is 5.48. The molecule has 0 heterocycles. The fourth-order valence-corrected chi connectivity index (χ4v) is 3.16. The van der Waals surface area contributed by atoms with Gasteiger partial charge in [-0.25, -0.2) is 13.1 Å². The molecule has 1 aromatic carbocycles. The van der Waals surface area contributed by atoms with Gasteiger partial charge in [0.15, 0.2) is 0 Å². The van der Waals surface area contributed by atoms with Crippen LogP contribution in [0.3, 0.4) is 0 Å². The molecular weight excluding hydrogens is 262 g/mol. The number of hydrogen-bond donors (Lipinski definition) is 3. The Morgan fingerprint density at radius 2 is 2.05 bits per heavy atom. The molecule has 1 aliphatic rings. The Kier molecular flexibility index (Phi) is 4.13. The predicted molar refractivity (Wildman–Crippen MR) is 76.7 cm³/mol. The van der Waals surface area contributed by atoms with E-state index in [1.54, 1.807) is 12.1 Å². The molecule has 1 aromatic rings. The Hall–Kier alpha value is -1.11. The number of benzene rings is 1. The quantitative estimate of drug-likeness (QED) is 0.775. The second-order valence-corrected chi connectivity index (χ2v) is 6.99. The lowest BCUT2D eigenvalue weighted by molar-refractivity contribution is 0.588. The highest BCUT2D eigenvalue weighted by Gasteiger charge is 2.22. The molecule has 1 aliphatic carbocycles. The Labute approximate surface area is 114 Å². The number of nitrogens with one attached hydrogen (secondary N) is 2. The zero-order valence-corrected chi connectivity index (χ0v) is 12.1. The van der Waals surface area contributed by atoms with Crippen LogP contribution in [0.25, 0.3) is 0 Å². The van der Waals surface area contributed by atoms with Gasteiger partial charge in [0, 0.05) is 17.8 Å². The monoisotopic (exact) mass is 283 g/mol. The van der Waals surface area contributed by atoms with E-state index in [9.17, 15) is 8.42 Å². The number of sulfonamides is 1. The molecular formula is C13H21N3O2S. The van der Waals surface area contributed by atoms with Gasteiger partial charge in [-0.05, 0) is 50.9 Å². The summed E-state index contributed by atoms with van der Waals surface area (Å²) in [5.41, 5.74) is 7.80. The van der Waals surface area contributed by atoms with Gasteiger partial charge >= 0.3 is 0 Å². The maximum atomic E-state index is 11.8. The summed E-state index contributed by atoms with van der Waals surface area (Å²) in [5, 5.41) is 3.40. The van der Waals surface area contributed by atoms with Crippen molar-refractivity contribution in [3.63, 3.8) is 0 Å². The summed E-state index contributed by atoms with van der Waals surface area (Å²) >= 11 is 0. The van der Waals surface area contributed by atoms with Gasteiger partial charge < -0.3 is 11.1 Å². The van der Waals surface area contributed by atoms with Crippen LogP contribution in [0, 0.1) is 6.92 Å². The van der Waals surface area contributed by atoms with Crippen LogP contribution < -0.4 is 15.8 Å². The lowest BCUT2D eigenvalue weighted by Crippen LogP contribution is -2.22. The molecule has 2 rings (SSSR count). The van der Waals surface area contributed by atoms with Crippen molar-refractivity contribution >= 4 is 15.7 Å². The third-order valence-electron chi connectivity index (χ3n) is 3.62. The number of rotatable bonds is 4. The molecule has 2 atom stereocenters. The van der Waals surface area contributed by atoms with Gasteiger partial charge in [-0.3, -0.25) is 0 Å². The summed E-state index contributed by atoms with van der Waals surface area (Å²) in [5.74, 6) is 0.